The molecule has 0 aliphatic heterocycles. The van der Waals surface area contributed by atoms with E-state index in [1.165, 1.54) is 5.56 Å². The zero-order chi connectivity index (χ0) is 15.1. The normalized spacial score (nSPS) is 14.0. The van der Waals surface area contributed by atoms with Gasteiger partial charge in [0.15, 0.2) is 0 Å². The molecule has 0 saturated heterocycles. The molecule has 0 aliphatic carbocycles. The Morgan fingerprint density at radius 2 is 2.10 bits per heavy atom. The molecule has 2 aromatic rings. The third kappa shape index (κ3) is 4.67. The highest BCUT2D eigenvalue weighted by atomic mass is 15.3. The molecule has 0 saturated carbocycles. The molecule has 2 rings (SSSR count). The van der Waals surface area contributed by atoms with Crippen LogP contribution in [0.15, 0.2) is 36.8 Å². The second-order valence-electron chi connectivity index (χ2n) is 5.57. The van der Waals surface area contributed by atoms with E-state index in [4.69, 9.17) is 5.10 Å². The summed E-state index contributed by atoms with van der Waals surface area (Å²) in [6.07, 6.45) is 8.90. The van der Waals surface area contributed by atoms with Crippen LogP contribution < -0.4 is 5.32 Å². The second kappa shape index (κ2) is 7.93. The minimum Gasteiger partial charge on any atom is -0.314 e. The molecule has 0 spiro atoms. The number of nitrogens with one attached hydrogen (secondary N) is 1. The smallest absolute Gasteiger partial charge is 0.0640 e. The highest BCUT2D eigenvalue weighted by Crippen LogP contribution is 2.12. The third-order valence-corrected chi connectivity index (χ3v) is 3.86. The maximum atomic E-state index is 4.71. The molecule has 1 N–H and O–H groups in total. The molecule has 21 heavy (non-hydrogen) atoms. The minimum absolute atomic E-state index is 0.402. The predicted molar refractivity (Wildman–Crippen MR) is 86.3 cm³/mol. The first-order valence-corrected chi connectivity index (χ1v) is 7.89. The molecule has 4 heteroatoms. The lowest BCUT2D eigenvalue weighted by molar-refractivity contribution is 0.464. The monoisotopic (exact) mass is 286 g/mol. The molecule has 0 radical (unpaired) electrons. The van der Waals surface area contributed by atoms with Gasteiger partial charge in [0.2, 0.25) is 0 Å². The van der Waals surface area contributed by atoms with Crippen LogP contribution in [0.5, 0.6) is 0 Å². The van der Waals surface area contributed by atoms with E-state index in [0.29, 0.717) is 12.1 Å². The summed E-state index contributed by atoms with van der Waals surface area (Å²) in [7, 11) is 0. The fraction of sp³-hybridized carbons (Fsp3) is 0.529. The van der Waals surface area contributed by atoms with Gasteiger partial charge in [-0.1, -0.05) is 19.9 Å². The quantitative estimate of drug-likeness (QED) is 0.811. The van der Waals surface area contributed by atoms with E-state index in [0.717, 1.165) is 31.5 Å². The Morgan fingerprint density at radius 3 is 2.76 bits per heavy atom. The van der Waals surface area contributed by atoms with Crippen LogP contribution in [0.4, 0.5) is 0 Å². The van der Waals surface area contributed by atoms with E-state index < -0.39 is 0 Å². The molecule has 0 bridgehead atoms. The lowest BCUT2D eigenvalue weighted by Gasteiger charge is -2.17. The van der Waals surface area contributed by atoms with Crippen LogP contribution in [0.2, 0.25) is 0 Å². The SMILES string of the molecule is CCNC(Cc1cccnc1)Cc1ccn(C(C)CC)n1. The highest BCUT2D eigenvalue weighted by molar-refractivity contribution is 5.12. The fourth-order valence-electron chi connectivity index (χ4n) is 2.48. The molecule has 2 aromatic heterocycles. The van der Waals surface area contributed by atoms with Crippen molar-refractivity contribution in [2.24, 2.45) is 0 Å². The standard InChI is InChI=1S/C17H26N4/c1-4-14(3)21-10-8-16(20-21)12-17(19-5-2)11-15-7-6-9-18-13-15/h6-10,13-14,17,19H,4-5,11-12H2,1-3H3. The van der Waals surface area contributed by atoms with Crippen LogP contribution in [0, 0.1) is 0 Å². The summed E-state index contributed by atoms with van der Waals surface area (Å²) >= 11 is 0. The zero-order valence-electron chi connectivity index (χ0n) is 13.3. The minimum atomic E-state index is 0.402. The number of nitrogens with zero attached hydrogens (tertiary/aromatic N) is 3. The van der Waals surface area contributed by atoms with Crippen molar-refractivity contribution in [2.75, 3.05) is 6.54 Å². The van der Waals surface area contributed by atoms with Crippen LogP contribution in [0.3, 0.4) is 0 Å². The Bertz CT molecular complexity index is 521. The fourth-order valence-corrected chi connectivity index (χ4v) is 2.48. The molecule has 0 amide bonds. The van der Waals surface area contributed by atoms with E-state index in [1.54, 1.807) is 0 Å². The third-order valence-electron chi connectivity index (χ3n) is 3.86. The summed E-state index contributed by atoms with van der Waals surface area (Å²) in [6.45, 7) is 7.51. The van der Waals surface area contributed by atoms with Crippen molar-refractivity contribution in [3.63, 3.8) is 0 Å². The van der Waals surface area contributed by atoms with Gasteiger partial charge in [0.05, 0.1) is 5.69 Å². The van der Waals surface area contributed by atoms with Gasteiger partial charge in [-0.2, -0.15) is 5.10 Å². The van der Waals surface area contributed by atoms with Gasteiger partial charge in [0.25, 0.3) is 0 Å². The van der Waals surface area contributed by atoms with Crippen molar-refractivity contribution in [1.29, 1.82) is 0 Å². The van der Waals surface area contributed by atoms with Crippen LogP contribution >= 0.6 is 0 Å². The molecule has 2 unspecified atom stereocenters. The maximum absolute atomic E-state index is 4.71. The highest BCUT2D eigenvalue weighted by Gasteiger charge is 2.12. The molecule has 0 fully saturated rings. The van der Waals surface area contributed by atoms with Crippen molar-refractivity contribution in [1.82, 2.24) is 20.1 Å². The Labute approximate surface area is 127 Å². The van der Waals surface area contributed by atoms with E-state index in [2.05, 4.69) is 54.1 Å². The first-order valence-electron chi connectivity index (χ1n) is 7.89. The molecule has 4 nitrogen and oxygen atoms in total. The van der Waals surface area contributed by atoms with Crippen molar-refractivity contribution >= 4 is 0 Å². The van der Waals surface area contributed by atoms with Crippen molar-refractivity contribution in [2.45, 2.75) is 52.1 Å². The Balaban J connectivity index is 2.00. The summed E-state index contributed by atoms with van der Waals surface area (Å²) in [5.74, 6) is 0. The van der Waals surface area contributed by atoms with Crippen LogP contribution in [-0.2, 0) is 12.8 Å². The molecule has 0 aliphatic rings. The second-order valence-corrected chi connectivity index (χ2v) is 5.57. The summed E-state index contributed by atoms with van der Waals surface area (Å²) in [6, 6.07) is 7.14. The number of hydrogen-bond donors (Lipinski definition) is 1. The lowest BCUT2D eigenvalue weighted by Crippen LogP contribution is -2.33. The largest absolute Gasteiger partial charge is 0.314 e. The molecule has 114 valence electrons. The van der Waals surface area contributed by atoms with Crippen molar-refractivity contribution < 1.29 is 0 Å². The Kier molecular flexibility index (Phi) is 5.93. The Hall–Kier alpha value is -1.68. The molecular weight excluding hydrogens is 260 g/mol. The van der Waals surface area contributed by atoms with Gasteiger partial charge in [-0.25, -0.2) is 0 Å². The average Bonchev–Trinajstić information content (AvgIpc) is 2.96. The first kappa shape index (κ1) is 15.7. The van der Waals surface area contributed by atoms with Crippen molar-refractivity contribution in [3.05, 3.63) is 48.0 Å². The van der Waals surface area contributed by atoms with Crippen molar-refractivity contribution in [3.8, 4) is 0 Å². The summed E-state index contributed by atoms with van der Waals surface area (Å²) in [4.78, 5) is 4.20. The summed E-state index contributed by atoms with van der Waals surface area (Å²) in [5, 5.41) is 8.26. The summed E-state index contributed by atoms with van der Waals surface area (Å²) < 4.78 is 2.07. The topological polar surface area (TPSA) is 42.7 Å². The van der Waals surface area contributed by atoms with E-state index in [-0.39, 0.29) is 0 Å². The molecule has 2 atom stereocenters. The molecule has 2 heterocycles. The van der Waals surface area contributed by atoms with Crippen LogP contribution in [-0.4, -0.2) is 27.4 Å². The molecule has 0 aromatic carbocycles. The van der Waals surface area contributed by atoms with Gasteiger partial charge in [-0.3, -0.25) is 9.67 Å². The van der Waals surface area contributed by atoms with Gasteiger partial charge >= 0.3 is 0 Å². The number of hydrogen-bond acceptors (Lipinski definition) is 3. The van der Waals surface area contributed by atoms with Crippen LogP contribution in [0.25, 0.3) is 0 Å². The van der Waals surface area contributed by atoms with Gasteiger partial charge in [-0.05, 0) is 44.0 Å². The maximum Gasteiger partial charge on any atom is 0.0640 e. The van der Waals surface area contributed by atoms with Gasteiger partial charge in [0, 0.05) is 37.1 Å². The predicted octanol–water partition coefficient (Wildman–Crippen LogP) is 3.01. The first-order chi connectivity index (χ1) is 10.2. The lowest BCUT2D eigenvalue weighted by atomic mass is 10.0. The number of rotatable bonds is 8. The van der Waals surface area contributed by atoms with Gasteiger partial charge < -0.3 is 5.32 Å². The number of pyridine rings is 1. The van der Waals surface area contributed by atoms with Gasteiger partial charge in [0.1, 0.15) is 0 Å². The Morgan fingerprint density at radius 1 is 1.24 bits per heavy atom. The number of likely N-dealkylation sites (N-methyl/N-ethyl adjacent to an activating group) is 1. The molecular formula is C17H26N4. The average molecular weight is 286 g/mol. The van der Waals surface area contributed by atoms with E-state index in [1.807, 2.05) is 18.5 Å². The van der Waals surface area contributed by atoms with Crippen LogP contribution in [0.1, 0.15) is 44.5 Å². The van der Waals surface area contributed by atoms with Gasteiger partial charge in [-0.15, -0.1) is 0 Å². The van der Waals surface area contributed by atoms with E-state index >= 15 is 0 Å². The number of aromatic nitrogens is 3. The van der Waals surface area contributed by atoms with E-state index in [9.17, 15) is 0 Å². The summed E-state index contributed by atoms with van der Waals surface area (Å²) in [5.41, 5.74) is 2.43. The zero-order valence-corrected chi connectivity index (χ0v) is 13.3.